The number of thioether (sulfide) groups is 1. The molecule has 6 nitrogen and oxygen atoms in total. The van der Waals surface area contributed by atoms with E-state index in [1.807, 2.05) is 24.3 Å². The molecule has 2 heterocycles. The van der Waals surface area contributed by atoms with Crippen molar-refractivity contribution in [2.75, 3.05) is 22.1 Å². The van der Waals surface area contributed by atoms with Gasteiger partial charge in [0.15, 0.2) is 0 Å². The number of para-hydroxylation sites is 1. The Kier molecular flexibility index (Phi) is 5.18. The zero-order valence-corrected chi connectivity index (χ0v) is 18.4. The van der Waals surface area contributed by atoms with Crippen molar-refractivity contribution >= 4 is 52.5 Å². The molecule has 0 bridgehead atoms. The maximum Gasteiger partial charge on any atom is 0.269 e. The number of nitrogens with one attached hydrogen (secondary N) is 1. The number of rotatable bonds is 4. The summed E-state index contributed by atoms with van der Waals surface area (Å²) in [5, 5.41) is 3.62. The molecule has 1 atom stereocenters. The average Bonchev–Trinajstić information content (AvgIpc) is 3.45. The van der Waals surface area contributed by atoms with E-state index in [-0.39, 0.29) is 36.1 Å². The fourth-order valence-electron chi connectivity index (χ4n) is 4.79. The topological polar surface area (TPSA) is 69.7 Å². The van der Waals surface area contributed by atoms with Crippen LogP contribution >= 0.6 is 23.4 Å². The number of carbonyl (C=O) groups excluding carboxylic acids is 3. The number of anilines is 2. The number of benzene rings is 2. The van der Waals surface area contributed by atoms with Gasteiger partial charge in [-0.2, -0.15) is 0 Å². The zero-order chi connectivity index (χ0) is 21.6. The van der Waals surface area contributed by atoms with Gasteiger partial charge in [0.25, 0.3) is 5.91 Å². The minimum Gasteiger partial charge on any atom is -0.352 e. The van der Waals surface area contributed by atoms with E-state index in [2.05, 4.69) is 5.32 Å². The molecule has 0 aromatic heterocycles. The van der Waals surface area contributed by atoms with Gasteiger partial charge in [0.2, 0.25) is 16.7 Å². The van der Waals surface area contributed by atoms with E-state index in [4.69, 9.17) is 11.6 Å². The molecular weight excluding hydrogens is 434 g/mol. The van der Waals surface area contributed by atoms with E-state index in [0.29, 0.717) is 16.4 Å². The van der Waals surface area contributed by atoms with Crippen LogP contribution < -0.4 is 15.1 Å². The summed E-state index contributed by atoms with van der Waals surface area (Å²) in [6, 6.07) is 14.5. The maximum atomic E-state index is 13.9. The van der Waals surface area contributed by atoms with Crippen LogP contribution in [-0.2, 0) is 19.3 Å². The second-order valence-electron chi connectivity index (χ2n) is 8.10. The fraction of sp³-hybridized carbons (Fsp3) is 0.348. The molecule has 2 aliphatic heterocycles. The van der Waals surface area contributed by atoms with Crippen molar-refractivity contribution in [2.45, 2.75) is 36.6 Å². The second kappa shape index (κ2) is 7.88. The molecule has 3 amide bonds. The van der Waals surface area contributed by atoms with Crippen molar-refractivity contribution in [2.24, 2.45) is 0 Å². The van der Waals surface area contributed by atoms with E-state index in [0.717, 1.165) is 31.2 Å². The van der Waals surface area contributed by atoms with E-state index in [1.54, 1.807) is 29.2 Å². The first-order valence-corrected chi connectivity index (χ1v) is 11.8. The van der Waals surface area contributed by atoms with Gasteiger partial charge in [-0.1, -0.05) is 42.6 Å². The molecule has 2 aromatic rings. The smallest absolute Gasteiger partial charge is 0.269 e. The number of nitrogens with zero attached hydrogens (tertiary/aromatic N) is 2. The molecule has 160 valence electrons. The van der Waals surface area contributed by atoms with Crippen LogP contribution in [0.25, 0.3) is 0 Å². The molecule has 5 rings (SSSR count). The van der Waals surface area contributed by atoms with Crippen molar-refractivity contribution in [1.29, 1.82) is 0 Å². The van der Waals surface area contributed by atoms with Crippen molar-refractivity contribution in [3.05, 3.63) is 59.1 Å². The van der Waals surface area contributed by atoms with E-state index < -0.39 is 4.87 Å². The maximum absolute atomic E-state index is 13.9. The molecule has 1 aliphatic carbocycles. The van der Waals surface area contributed by atoms with Gasteiger partial charge in [-0.05, 0) is 43.2 Å². The van der Waals surface area contributed by atoms with Crippen LogP contribution in [0.4, 0.5) is 11.4 Å². The molecule has 2 aromatic carbocycles. The third kappa shape index (κ3) is 3.31. The lowest BCUT2D eigenvalue weighted by atomic mass is 10.0. The third-order valence-electron chi connectivity index (χ3n) is 6.17. The Morgan fingerprint density at radius 2 is 1.81 bits per heavy atom. The highest BCUT2D eigenvalue weighted by molar-refractivity contribution is 8.02. The molecule has 0 radical (unpaired) electrons. The summed E-state index contributed by atoms with van der Waals surface area (Å²) >= 11 is 7.34. The lowest BCUT2D eigenvalue weighted by Crippen LogP contribution is -2.51. The van der Waals surface area contributed by atoms with Crippen molar-refractivity contribution < 1.29 is 14.4 Å². The first-order valence-electron chi connectivity index (χ1n) is 10.4. The standard InChI is InChI=1S/C23H22ClN3O3S/c24-15-9-11-17(12-10-15)27-21(29)14-31-23(27)18-7-3-4-8-19(18)26(22(23)30)13-20(28)25-16-5-1-2-6-16/h3-4,7-12,16H,1-2,5-6,13-14H2,(H,25,28)/t23-/m1/s1. The Morgan fingerprint density at radius 1 is 1.10 bits per heavy atom. The van der Waals surface area contributed by atoms with Gasteiger partial charge in [-0.3, -0.25) is 24.2 Å². The number of amides is 3. The highest BCUT2D eigenvalue weighted by Crippen LogP contribution is 2.55. The largest absolute Gasteiger partial charge is 0.352 e. The molecule has 1 spiro atoms. The second-order valence-corrected chi connectivity index (χ2v) is 9.70. The molecule has 1 saturated carbocycles. The van der Waals surface area contributed by atoms with Gasteiger partial charge < -0.3 is 5.32 Å². The van der Waals surface area contributed by atoms with E-state index >= 15 is 0 Å². The number of hydrogen-bond acceptors (Lipinski definition) is 4. The average molecular weight is 456 g/mol. The summed E-state index contributed by atoms with van der Waals surface area (Å²) in [5.74, 6) is -0.390. The highest BCUT2D eigenvalue weighted by Gasteiger charge is 2.61. The molecule has 31 heavy (non-hydrogen) atoms. The summed E-state index contributed by atoms with van der Waals surface area (Å²) in [4.78, 5) is 41.4. The first-order chi connectivity index (χ1) is 15.0. The van der Waals surface area contributed by atoms with Crippen LogP contribution in [-0.4, -0.2) is 36.1 Å². The molecule has 8 heteroatoms. The van der Waals surface area contributed by atoms with Crippen LogP contribution in [0.3, 0.4) is 0 Å². The van der Waals surface area contributed by atoms with Gasteiger partial charge in [0.05, 0.1) is 11.4 Å². The SMILES string of the molecule is O=C(CN1C(=O)[C@]2(SCC(=O)N2c2ccc(Cl)cc2)c2ccccc21)NC1CCCC1. The summed E-state index contributed by atoms with van der Waals surface area (Å²) in [5.41, 5.74) is 2.02. The predicted molar refractivity (Wildman–Crippen MR) is 122 cm³/mol. The number of halogens is 1. The molecule has 3 aliphatic rings. The molecule has 2 fully saturated rings. The fourth-order valence-corrected chi connectivity index (χ4v) is 6.28. The normalized spacial score (nSPS) is 23.1. The summed E-state index contributed by atoms with van der Waals surface area (Å²) in [6.07, 6.45) is 4.20. The minimum absolute atomic E-state index is 0.0582. The Morgan fingerprint density at radius 3 is 2.55 bits per heavy atom. The summed E-state index contributed by atoms with van der Waals surface area (Å²) < 4.78 is 0. The molecule has 1 saturated heterocycles. The predicted octanol–water partition coefficient (Wildman–Crippen LogP) is 3.68. The van der Waals surface area contributed by atoms with Crippen LogP contribution in [0, 0.1) is 0 Å². The van der Waals surface area contributed by atoms with Gasteiger partial charge in [0.1, 0.15) is 6.54 Å². The van der Waals surface area contributed by atoms with Crippen molar-refractivity contribution in [3.63, 3.8) is 0 Å². The van der Waals surface area contributed by atoms with Gasteiger partial charge >= 0.3 is 0 Å². The lowest BCUT2D eigenvalue weighted by molar-refractivity contribution is -0.126. The first kappa shape index (κ1) is 20.4. The van der Waals surface area contributed by atoms with E-state index in [9.17, 15) is 14.4 Å². The van der Waals surface area contributed by atoms with Crippen molar-refractivity contribution in [3.8, 4) is 0 Å². The highest BCUT2D eigenvalue weighted by atomic mass is 35.5. The zero-order valence-electron chi connectivity index (χ0n) is 16.8. The van der Waals surface area contributed by atoms with Gasteiger partial charge in [-0.15, -0.1) is 11.8 Å². The number of carbonyl (C=O) groups is 3. The quantitative estimate of drug-likeness (QED) is 0.763. The van der Waals surface area contributed by atoms with Crippen LogP contribution in [0.2, 0.25) is 5.02 Å². The van der Waals surface area contributed by atoms with E-state index in [1.165, 1.54) is 16.7 Å². The molecule has 1 N–H and O–H groups in total. The summed E-state index contributed by atoms with van der Waals surface area (Å²) in [6.45, 7) is -0.0582. The number of fused-ring (bicyclic) bond motifs is 2. The van der Waals surface area contributed by atoms with Crippen LogP contribution in [0.1, 0.15) is 31.2 Å². The van der Waals surface area contributed by atoms with Gasteiger partial charge in [0, 0.05) is 22.3 Å². The number of hydrogen-bond donors (Lipinski definition) is 1. The monoisotopic (exact) mass is 455 g/mol. The Balaban J connectivity index is 1.51. The Hall–Kier alpha value is -2.51. The minimum atomic E-state index is -1.21. The lowest BCUT2D eigenvalue weighted by Gasteiger charge is -2.33. The molecule has 0 unspecified atom stereocenters. The van der Waals surface area contributed by atoms with Gasteiger partial charge in [-0.25, -0.2) is 0 Å². The Bertz CT molecular complexity index is 1050. The summed E-state index contributed by atoms with van der Waals surface area (Å²) in [7, 11) is 0. The molecular formula is C23H22ClN3O3S. The Labute approximate surface area is 189 Å². The third-order valence-corrected chi connectivity index (χ3v) is 7.81. The van der Waals surface area contributed by atoms with Crippen LogP contribution in [0.5, 0.6) is 0 Å². The van der Waals surface area contributed by atoms with Crippen LogP contribution in [0.15, 0.2) is 48.5 Å². The van der Waals surface area contributed by atoms with Crippen molar-refractivity contribution in [1.82, 2.24) is 5.32 Å².